The van der Waals surface area contributed by atoms with Gasteiger partial charge >= 0.3 is 0 Å². The SMILES string of the molecule is COc1cc(C(=O)N2CCCCC2CCc2ccc(OC)c(OC)c2)ccc1C. The van der Waals surface area contributed by atoms with Gasteiger partial charge in [-0.25, -0.2) is 0 Å². The molecule has 5 heteroatoms. The highest BCUT2D eigenvalue weighted by molar-refractivity contribution is 5.95. The number of carbonyl (C=O) groups excluding carboxylic acids is 1. The monoisotopic (exact) mass is 397 g/mol. The predicted molar refractivity (Wildman–Crippen MR) is 114 cm³/mol. The molecule has 0 spiro atoms. The topological polar surface area (TPSA) is 48.0 Å². The number of methoxy groups -OCH3 is 3. The minimum absolute atomic E-state index is 0.0975. The molecule has 0 aromatic heterocycles. The lowest BCUT2D eigenvalue weighted by molar-refractivity contribution is 0.0601. The van der Waals surface area contributed by atoms with Crippen LogP contribution in [0.2, 0.25) is 0 Å². The lowest BCUT2D eigenvalue weighted by atomic mass is 9.94. The normalized spacial score (nSPS) is 16.4. The van der Waals surface area contributed by atoms with Crippen LogP contribution in [0.5, 0.6) is 17.2 Å². The van der Waals surface area contributed by atoms with Crippen molar-refractivity contribution in [2.45, 2.75) is 45.1 Å². The van der Waals surface area contributed by atoms with E-state index in [1.807, 2.05) is 42.2 Å². The lowest BCUT2D eigenvalue weighted by Gasteiger charge is -2.36. The van der Waals surface area contributed by atoms with Crippen LogP contribution in [0.25, 0.3) is 0 Å². The summed E-state index contributed by atoms with van der Waals surface area (Å²) >= 11 is 0. The number of aryl methyl sites for hydroxylation is 2. The number of piperidine rings is 1. The van der Waals surface area contributed by atoms with Gasteiger partial charge in [0.15, 0.2) is 11.5 Å². The van der Waals surface area contributed by atoms with Crippen molar-refractivity contribution in [2.75, 3.05) is 27.9 Å². The molecule has 0 aliphatic carbocycles. The minimum Gasteiger partial charge on any atom is -0.496 e. The molecule has 1 atom stereocenters. The van der Waals surface area contributed by atoms with Gasteiger partial charge in [-0.3, -0.25) is 4.79 Å². The fourth-order valence-electron chi connectivity index (χ4n) is 4.06. The van der Waals surface area contributed by atoms with E-state index in [2.05, 4.69) is 6.07 Å². The number of ether oxygens (including phenoxy) is 3. The van der Waals surface area contributed by atoms with Gasteiger partial charge in [0, 0.05) is 18.2 Å². The van der Waals surface area contributed by atoms with Gasteiger partial charge in [-0.2, -0.15) is 0 Å². The maximum absolute atomic E-state index is 13.2. The highest BCUT2D eigenvalue weighted by atomic mass is 16.5. The Morgan fingerprint density at radius 2 is 1.72 bits per heavy atom. The molecular weight excluding hydrogens is 366 g/mol. The Morgan fingerprint density at radius 1 is 0.966 bits per heavy atom. The summed E-state index contributed by atoms with van der Waals surface area (Å²) in [4.78, 5) is 15.3. The van der Waals surface area contributed by atoms with Crippen molar-refractivity contribution in [3.63, 3.8) is 0 Å². The van der Waals surface area contributed by atoms with Gasteiger partial charge in [0.05, 0.1) is 21.3 Å². The maximum atomic E-state index is 13.2. The number of hydrogen-bond acceptors (Lipinski definition) is 4. The van der Waals surface area contributed by atoms with Crippen LogP contribution in [0.3, 0.4) is 0 Å². The third-order valence-corrected chi connectivity index (χ3v) is 5.76. The van der Waals surface area contributed by atoms with Crippen molar-refractivity contribution >= 4 is 5.91 Å². The summed E-state index contributed by atoms with van der Waals surface area (Å²) in [5.41, 5.74) is 2.93. The van der Waals surface area contributed by atoms with Crippen LogP contribution in [0.15, 0.2) is 36.4 Å². The quantitative estimate of drug-likeness (QED) is 0.682. The van der Waals surface area contributed by atoms with E-state index in [0.29, 0.717) is 5.56 Å². The van der Waals surface area contributed by atoms with Crippen molar-refractivity contribution in [2.24, 2.45) is 0 Å². The Labute approximate surface area is 173 Å². The van der Waals surface area contributed by atoms with Gasteiger partial charge in [0.2, 0.25) is 0 Å². The van der Waals surface area contributed by atoms with E-state index in [-0.39, 0.29) is 11.9 Å². The minimum atomic E-state index is 0.0975. The number of rotatable bonds is 7. The fourth-order valence-corrected chi connectivity index (χ4v) is 4.06. The number of amides is 1. The molecule has 1 aliphatic rings. The molecule has 0 radical (unpaired) electrons. The Morgan fingerprint density at radius 3 is 2.45 bits per heavy atom. The number of nitrogens with zero attached hydrogens (tertiary/aromatic N) is 1. The van der Waals surface area contributed by atoms with Gasteiger partial charge in [-0.05, 0) is 74.4 Å². The predicted octanol–water partition coefficient (Wildman–Crippen LogP) is 4.65. The second-order valence-corrected chi connectivity index (χ2v) is 7.56. The van der Waals surface area contributed by atoms with Crippen LogP contribution >= 0.6 is 0 Å². The zero-order valence-corrected chi connectivity index (χ0v) is 17.9. The van der Waals surface area contributed by atoms with Crippen LogP contribution < -0.4 is 14.2 Å². The summed E-state index contributed by atoms with van der Waals surface area (Å²) in [7, 11) is 4.94. The van der Waals surface area contributed by atoms with Crippen LogP contribution in [-0.2, 0) is 6.42 Å². The second kappa shape index (κ2) is 9.68. The van der Waals surface area contributed by atoms with Crippen LogP contribution in [-0.4, -0.2) is 44.7 Å². The average Bonchev–Trinajstić information content (AvgIpc) is 2.77. The molecule has 156 valence electrons. The molecule has 0 N–H and O–H groups in total. The first-order valence-electron chi connectivity index (χ1n) is 10.2. The Kier molecular flexibility index (Phi) is 7.02. The average molecular weight is 398 g/mol. The maximum Gasteiger partial charge on any atom is 0.254 e. The molecular formula is C24H31NO4. The third kappa shape index (κ3) is 4.84. The molecule has 1 heterocycles. The first kappa shape index (κ1) is 21.0. The van der Waals surface area contributed by atoms with Crippen molar-refractivity contribution in [3.8, 4) is 17.2 Å². The van der Waals surface area contributed by atoms with Crippen LogP contribution in [0.4, 0.5) is 0 Å². The van der Waals surface area contributed by atoms with Gasteiger partial charge in [-0.15, -0.1) is 0 Å². The molecule has 1 saturated heterocycles. The van der Waals surface area contributed by atoms with Gasteiger partial charge in [0.1, 0.15) is 5.75 Å². The lowest BCUT2D eigenvalue weighted by Crippen LogP contribution is -2.44. The molecule has 2 aromatic rings. The first-order chi connectivity index (χ1) is 14.1. The molecule has 3 rings (SSSR count). The molecule has 1 amide bonds. The molecule has 1 aliphatic heterocycles. The summed E-state index contributed by atoms with van der Waals surface area (Å²) in [5.74, 6) is 2.34. The van der Waals surface area contributed by atoms with E-state index in [1.54, 1.807) is 21.3 Å². The summed E-state index contributed by atoms with van der Waals surface area (Å²) in [6.07, 6.45) is 5.09. The first-order valence-corrected chi connectivity index (χ1v) is 10.2. The van der Waals surface area contributed by atoms with Gasteiger partial charge in [0.25, 0.3) is 5.91 Å². The van der Waals surface area contributed by atoms with Gasteiger partial charge < -0.3 is 19.1 Å². The molecule has 2 aromatic carbocycles. The molecule has 5 nitrogen and oxygen atoms in total. The van der Waals surface area contributed by atoms with Crippen LogP contribution in [0, 0.1) is 6.92 Å². The molecule has 29 heavy (non-hydrogen) atoms. The molecule has 0 saturated carbocycles. The third-order valence-electron chi connectivity index (χ3n) is 5.76. The molecule has 1 unspecified atom stereocenters. The van der Waals surface area contributed by atoms with E-state index in [9.17, 15) is 4.79 Å². The summed E-state index contributed by atoms with van der Waals surface area (Å²) in [6, 6.07) is 12.0. The van der Waals surface area contributed by atoms with Crippen molar-refractivity contribution < 1.29 is 19.0 Å². The number of hydrogen-bond donors (Lipinski definition) is 0. The van der Waals surface area contributed by atoms with E-state index in [1.165, 1.54) is 5.56 Å². The number of benzene rings is 2. The summed E-state index contributed by atoms with van der Waals surface area (Å²) < 4.78 is 16.1. The zero-order valence-electron chi connectivity index (χ0n) is 17.9. The highest BCUT2D eigenvalue weighted by Gasteiger charge is 2.27. The Balaban J connectivity index is 1.72. The van der Waals surface area contributed by atoms with E-state index < -0.39 is 0 Å². The zero-order chi connectivity index (χ0) is 20.8. The molecule has 0 bridgehead atoms. The van der Waals surface area contributed by atoms with Crippen molar-refractivity contribution in [1.82, 2.24) is 4.90 Å². The van der Waals surface area contributed by atoms with E-state index in [0.717, 1.165) is 61.5 Å². The molecule has 1 fully saturated rings. The summed E-state index contributed by atoms with van der Waals surface area (Å²) in [5, 5.41) is 0. The Bertz CT molecular complexity index is 849. The number of likely N-dealkylation sites (tertiary alicyclic amines) is 1. The second-order valence-electron chi connectivity index (χ2n) is 7.56. The largest absolute Gasteiger partial charge is 0.496 e. The van der Waals surface area contributed by atoms with Crippen LogP contribution in [0.1, 0.15) is 47.2 Å². The Hall–Kier alpha value is -2.69. The standard InChI is InChI=1S/C24H31NO4/c1-17-8-11-19(16-22(17)28-3)24(26)25-14-6-5-7-20(25)12-9-18-10-13-21(27-2)23(15-18)29-4/h8,10-11,13,15-16,20H,5-7,9,12,14H2,1-4H3. The highest BCUT2D eigenvalue weighted by Crippen LogP contribution is 2.30. The van der Waals surface area contributed by atoms with Crippen molar-refractivity contribution in [3.05, 3.63) is 53.1 Å². The van der Waals surface area contributed by atoms with E-state index in [4.69, 9.17) is 14.2 Å². The summed E-state index contributed by atoms with van der Waals surface area (Å²) in [6.45, 7) is 2.80. The fraction of sp³-hybridized carbons (Fsp3) is 0.458. The van der Waals surface area contributed by atoms with E-state index >= 15 is 0 Å². The van der Waals surface area contributed by atoms with Gasteiger partial charge in [-0.1, -0.05) is 12.1 Å². The number of carbonyl (C=O) groups is 1. The smallest absolute Gasteiger partial charge is 0.254 e. The van der Waals surface area contributed by atoms with Crippen molar-refractivity contribution in [1.29, 1.82) is 0 Å².